The van der Waals surface area contributed by atoms with Crippen molar-refractivity contribution < 1.29 is 22.7 Å². The van der Waals surface area contributed by atoms with Gasteiger partial charge in [0.1, 0.15) is 11.5 Å². The van der Waals surface area contributed by atoms with Gasteiger partial charge < -0.3 is 14.8 Å². The van der Waals surface area contributed by atoms with Crippen LogP contribution < -0.4 is 14.8 Å². The summed E-state index contributed by atoms with van der Waals surface area (Å²) in [5, 5.41) is 2.87. The summed E-state index contributed by atoms with van der Waals surface area (Å²) in [6.45, 7) is 1.04. The molecule has 1 aromatic carbocycles. The van der Waals surface area contributed by atoms with Crippen molar-refractivity contribution in [1.82, 2.24) is 9.62 Å². The van der Waals surface area contributed by atoms with Crippen molar-refractivity contribution in [1.29, 1.82) is 0 Å². The molecule has 0 aliphatic carbocycles. The number of nitrogens with zero attached hydrogens (tertiary/aromatic N) is 1. The van der Waals surface area contributed by atoms with Crippen molar-refractivity contribution >= 4 is 15.9 Å². The van der Waals surface area contributed by atoms with Crippen LogP contribution in [0.25, 0.3) is 0 Å². The fraction of sp³-hybridized carbons (Fsp3) is 0.562. The Labute approximate surface area is 143 Å². The summed E-state index contributed by atoms with van der Waals surface area (Å²) < 4.78 is 35.1. The molecular weight excluding hydrogens is 332 g/mol. The van der Waals surface area contributed by atoms with Crippen LogP contribution in [0.5, 0.6) is 11.5 Å². The third-order valence-corrected chi connectivity index (χ3v) is 5.44. The molecule has 1 N–H and O–H groups in total. The standard InChI is InChI=1S/C16H24N2O5S/c1-22-14-7-6-12(15(9-14)23-2)10-17-16(19)13-5-4-8-18(11-13)24(3,20)21/h6-7,9,13H,4-5,8,10-11H2,1-3H3,(H,17,19)/t13-/m0/s1. The highest BCUT2D eigenvalue weighted by atomic mass is 32.2. The lowest BCUT2D eigenvalue weighted by Crippen LogP contribution is -2.44. The average Bonchev–Trinajstić information content (AvgIpc) is 2.58. The minimum Gasteiger partial charge on any atom is -0.497 e. The van der Waals surface area contributed by atoms with Gasteiger partial charge in [0, 0.05) is 31.3 Å². The van der Waals surface area contributed by atoms with Crippen LogP contribution in [-0.2, 0) is 21.4 Å². The van der Waals surface area contributed by atoms with E-state index in [-0.39, 0.29) is 18.4 Å². The van der Waals surface area contributed by atoms with Crippen LogP contribution in [0, 0.1) is 5.92 Å². The number of rotatable bonds is 6. The Morgan fingerprint density at radius 1 is 1.33 bits per heavy atom. The van der Waals surface area contributed by atoms with Gasteiger partial charge >= 0.3 is 0 Å². The zero-order chi connectivity index (χ0) is 17.7. The van der Waals surface area contributed by atoms with Crippen molar-refractivity contribution in [2.75, 3.05) is 33.6 Å². The predicted molar refractivity (Wildman–Crippen MR) is 90.5 cm³/mol. The van der Waals surface area contributed by atoms with Crippen LogP contribution in [0.2, 0.25) is 0 Å². The van der Waals surface area contributed by atoms with Crippen molar-refractivity contribution in [3.8, 4) is 11.5 Å². The molecule has 1 heterocycles. The van der Waals surface area contributed by atoms with E-state index in [1.165, 1.54) is 10.6 Å². The van der Waals surface area contributed by atoms with Crippen molar-refractivity contribution in [3.05, 3.63) is 23.8 Å². The minimum atomic E-state index is -3.26. The van der Waals surface area contributed by atoms with Crippen LogP contribution in [0.3, 0.4) is 0 Å². The number of carbonyl (C=O) groups excluding carboxylic acids is 1. The molecule has 134 valence electrons. The topological polar surface area (TPSA) is 84.9 Å². The Kier molecular flexibility index (Phi) is 6.06. The number of sulfonamides is 1. The van der Waals surface area contributed by atoms with Crippen LogP contribution in [0.1, 0.15) is 18.4 Å². The zero-order valence-corrected chi connectivity index (χ0v) is 15.1. The Morgan fingerprint density at radius 3 is 2.71 bits per heavy atom. The number of piperidine rings is 1. The Hall–Kier alpha value is -1.80. The quantitative estimate of drug-likeness (QED) is 0.822. The number of methoxy groups -OCH3 is 2. The molecule has 0 spiro atoms. The van der Waals surface area contributed by atoms with Crippen LogP contribution in [-0.4, -0.2) is 52.2 Å². The van der Waals surface area contributed by atoms with E-state index in [9.17, 15) is 13.2 Å². The van der Waals surface area contributed by atoms with E-state index >= 15 is 0 Å². The van der Waals surface area contributed by atoms with E-state index in [0.717, 1.165) is 5.56 Å². The van der Waals surface area contributed by atoms with Gasteiger partial charge in [-0.2, -0.15) is 0 Å². The summed E-state index contributed by atoms with van der Waals surface area (Å²) in [7, 11) is -0.121. The highest BCUT2D eigenvalue weighted by Crippen LogP contribution is 2.25. The number of hydrogen-bond acceptors (Lipinski definition) is 5. The molecule has 0 saturated carbocycles. The second-order valence-corrected chi connectivity index (χ2v) is 7.84. The molecule has 1 aliphatic rings. The average molecular weight is 356 g/mol. The number of carbonyl (C=O) groups is 1. The molecular formula is C16H24N2O5S. The Morgan fingerprint density at radius 2 is 2.08 bits per heavy atom. The number of ether oxygens (including phenoxy) is 2. The maximum atomic E-state index is 12.4. The van der Waals surface area contributed by atoms with Gasteiger partial charge in [0.2, 0.25) is 15.9 Å². The van der Waals surface area contributed by atoms with Gasteiger partial charge in [0.25, 0.3) is 0 Å². The Balaban J connectivity index is 1.98. The van der Waals surface area contributed by atoms with E-state index in [4.69, 9.17) is 9.47 Å². The van der Waals surface area contributed by atoms with Crippen molar-refractivity contribution in [3.63, 3.8) is 0 Å². The molecule has 1 saturated heterocycles. The molecule has 1 aliphatic heterocycles. The maximum absolute atomic E-state index is 12.4. The molecule has 24 heavy (non-hydrogen) atoms. The van der Waals surface area contributed by atoms with Gasteiger partial charge in [0.05, 0.1) is 26.4 Å². The van der Waals surface area contributed by atoms with Gasteiger partial charge in [-0.05, 0) is 25.0 Å². The molecule has 0 aromatic heterocycles. The fourth-order valence-corrected chi connectivity index (χ4v) is 3.69. The van der Waals surface area contributed by atoms with Crippen molar-refractivity contribution in [2.24, 2.45) is 5.92 Å². The van der Waals surface area contributed by atoms with E-state index in [2.05, 4.69) is 5.32 Å². The number of amides is 1. The monoisotopic (exact) mass is 356 g/mol. The molecule has 1 aromatic rings. The smallest absolute Gasteiger partial charge is 0.224 e. The van der Waals surface area contributed by atoms with Crippen LogP contribution in [0.4, 0.5) is 0 Å². The Bertz CT molecular complexity index is 690. The van der Waals surface area contributed by atoms with E-state index in [0.29, 0.717) is 37.4 Å². The molecule has 8 heteroatoms. The number of nitrogens with one attached hydrogen (secondary N) is 1. The third-order valence-electron chi connectivity index (χ3n) is 4.17. The molecule has 1 amide bonds. The lowest BCUT2D eigenvalue weighted by atomic mass is 9.98. The van der Waals surface area contributed by atoms with E-state index in [1.807, 2.05) is 6.07 Å². The molecule has 0 unspecified atom stereocenters. The van der Waals surface area contributed by atoms with E-state index < -0.39 is 10.0 Å². The van der Waals surface area contributed by atoms with Gasteiger partial charge in [0.15, 0.2) is 0 Å². The molecule has 7 nitrogen and oxygen atoms in total. The third kappa shape index (κ3) is 4.61. The highest BCUT2D eigenvalue weighted by molar-refractivity contribution is 7.88. The first kappa shape index (κ1) is 18.5. The van der Waals surface area contributed by atoms with E-state index in [1.54, 1.807) is 26.4 Å². The van der Waals surface area contributed by atoms with Crippen LogP contribution in [0.15, 0.2) is 18.2 Å². The van der Waals surface area contributed by atoms with Gasteiger partial charge in [-0.1, -0.05) is 0 Å². The number of hydrogen-bond donors (Lipinski definition) is 1. The summed E-state index contributed by atoms with van der Waals surface area (Å²) in [5.41, 5.74) is 0.836. The zero-order valence-electron chi connectivity index (χ0n) is 14.2. The normalized spacial score (nSPS) is 18.9. The summed E-state index contributed by atoms with van der Waals surface area (Å²) in [6, 6.07) is 5.39. The molecule has 2 rings (SSSR count). The molecule has 1 fully saturated rings. The second-order valence-electron chi connectivity index (χ2n) is 5.86. The van der Waals surface area contributed by atoms with Gasteiger partial charge in [-0.25, -0.2) is 12.7 Å². The summed E-state index contributed by atoms with van der Waals surface area (Å²) >= 11 is 0. The SMILES string of the molecule is COc1ccc(CNC(=O)[C@H]2CCCN(S(C)(=O)=O)C2)c(OC)c1. The van der Waals surface area contributed by atoms with Gasteiger partial charge in [-0.15, -0.1) is 0 Å². The fourth-order valence-electron chi connectivity index (χ4n) is 2.78. The largest absolute Gasteiger partial charge is 0.497 e. The summed E-state index contributed by atoms with van der Waals surface area (Å²) in [5.74, 6) is 0.855. The molecule has 1 atom stereocenters. The van der Waals surface area contributed by atoms with Gasteiger partial charge in [-0.3, -0.25) is 4.79 Å². The van der Waals surface area contributed by atoms with Crippen molar-refractivity contribution in [2.45, 2.75) is 19.4 Å². The predicted octanol–water partition coefficient (Wildman–Crippen LogP) is 0.992. The minimum absolute atomic E-state index is 0.138. The first-order valence-electron chi connectivity index (χ1n) is 7.79. The second kappa shape index (κ2) is 7.85. The highest BCUT2D eigenvalue weighted by Gasteiger charge is 2.30. The molecule has 0 radical (unpaired) electrons. The first-order chi connectivity index (χ1) is 11.3. The van der Waals surface area contributed by atoms with Crippen LogP contribution >= 0.6 is 0 Å². The summed E-state index contributed by atoms with van der Waals surface area (Å²) in [4.78, 5) is 12.4. The first-order valence-corrected chi connectivity index (χ1v) is 9.63. The number of benzene rings is 1. The maximum Gasteiger partial charge on any atom is 0.224 e. The lowest BCUT2D eigenvalue weighted by Gasteiger charge is -2.30. The lowest BCUT2D eigenvalue weighted by molar-refractivity contribution is -0.126. The molecule has 0 bridgehead atoms. The summed E-state index contributed by atoms with van der Waals surface area (Å²) in [6.07, 6.45) is 2.56.